The second kappa shape index (κ2) is 12.4. The van der Waals surface area contributed by atoms with Crippen molar-refractivity contribution >= 4 is 46.8 Å². The molecule has 10 heteroatoms. The van der Waals surface area contributed by atoms with E-state index in [1.165, 1.54) is 23.5 Å². The predicted octanol–water partition coefficient (Wildman–Crippen LogP) is 5.62. The average molecular weight is 623 g/mol. The first kappa shape index (κ1) is 29.2. The summed E-state index contributed by atoms with van der Waals surface area (Å²) in [6, 6.07) is 26.3. The van der Waals surface area contributed by atoms with Crippen LogP contribution in [0.25, 0.3) is 23.1 Å². The van der Waals surface area contributed by atoms with E-state index in [0.717, 1.165) is 16.0 Å². The van der Waals surface area contributed by atoms with Gasteiger partial charge < -0.3 is 14.3 Å². The molecule has 220 valence electrons. The Morgan fingerprint density at radius 1 is 1.00 bits per heavy atom. The number of aromatic nitrogens is 1. The Balaban J connectivity index is 1.52. The van der Waals surface area contributed by atoms with Crippen LogP contribution in [0.15, 0.2) is 116 Å². The number of hydrogen-bond acceptors (Lipinski definition) is 8. The number of carbonyl (C=O) groups excluding carboxylic acids is 1. The van der Waals surface area contributed by atoms with Crippen molar-refractivity contribution in [2.75, 3.05) is 12.9 Å². The third-order valence-electron chi connectivity index (χ3n) is 7.12. The molecule has 1 atom stereocenters. The highest BCUT2D eigenvalue weighted by Gasteiger charge is 2.35. The van der Waals surface area contributed by atoms with Crippen LogP contribution in [0.5, 0.6) is 0 Å². The van der Waals surface area contributed by atoms with Gasteiger partial charge in [-0.25, -0.2) is 14.6 Å². The van der Waals surface area contributed by atoms with Crippen LogP contribution in [0.4, 0.5) is 0 Å². The van der Waals surface area contributed by atoms with E-state index >= 15 is 0 Å². The Morgan fingerprint density at radius 2 is 1.73 bits per heavy atom. The fourth-order valence-electron chi connectivity index (χ4n) is 5.03. The fourth-order valence-corrected chi connectivity index (χ4v) is 6.42. The lowest BCUT2D eigenvalue weighted by atomic mass is 9.93. The first-order valence-corrected chi connectivity index (χ1v) is 15.8. The maximum absolute atomic E-state index is 14.1. The lowest BCUT2D eigenvalue weighted by Gasteiger charge is -2.26. The van der Waals surface area contributed by atoms with Gasteiger partial charge in [-0.1, -0.05) is 65.9 Å². The van der Waals surface area contributed by atoms with Crippen molar-refractivity contribution in [2.45, 2.75) is 17.9 Å². The molecule has 0 bridgehead atoms. The zero-order valence-electron chi connectivity index (χ0n) is 23.7. The van der Waals surface area contributed by atoms with Gasteiger partial charge in [-0.2, -0.15) is 0 Å². The molecule has 0 saturated heterocycles. The van der Waals surface area contributed by atoms with Crippen molar-refractivity contribution in [2.24, 2.45) is 4.99 Å². The van der Waals surface area contributed by atoms with E-state index in [0.29, 0.717) is 37.7 Å². The van der Waals surface area contributed by atoms with E-state index < -0.39 is 18.0 Å². The molecule has 1 N–H and O–H groups in total. The van der Waals surface area contributed by atoms with Crippen molar-refractivity contribution in [3.05, 3.63) is 139 Å². The molecule has 0 spiro atoms. The van der Waals surface area contributed by atoms with Gasteiger partial charge in [-0.3, -0.25) is 9.36 Å². The topological polar surface area (TPSA) is 111 Å². The highest BCUT2D eigenvalue weighted by atomic mass is 32.2. The van der Waals surface area contributed by atoms with Crippen molar-refractivity contribution in [3.8, 4) is 11.3 Å². The molecule has 0 amide bonds. The maximum Gasteiger partial charge on any atom is 0.338 e. The van der Waals surface area contributed by atoms with Crippen LogP contribution in [0.2, 0.25) is 0 Å². The van der Waals surface area contributed by atoms with E-state index in [1.54, 1.807) is 53.6 Å². The number of rotatable bonds is 8. The van der Waals surface area contributed by atoms with Gasteiger partial charge in [0.05, 0.1) is 34.0 Å². The summed E-state index contributed by atoms with van der Waals surface area (Å²) in [6.07, 6.45) is 3.64. The van der Waals surface area contributed by atoms with Gasteiger partial charge in [-0.15, -0.1) is 11.8 Å². The lowest BCUT2D eigenvalue weighted by Crippen LogP contribution is -2.40. The molecule has 2 aromatic heterocycles. The number of aromatic carboxylic acids is 1. The normalized spacial score (nSPS) is 14.7. The molecule has 6 rings (SSSR count). The molecule has 0 unspecified atom stereocenters. The van der Waals surface area contributed by atoms with Crippen molar-refractivity contribution in [3.63, 3.8) is 0 Å². The number of fused-ring (bicyclic) bond motifs is 1. The summed E-state index contributed by atoms with van der Waals surface area (Å²) in [4.78, 5) is 45.2. The van der Waals surface area contributed by atoms with Crippen molar-refractivity contribution in [1.29, 1.82) is 0 Å². The highest BCUT2D eigenvalue weighted by molar-refractivity contribution is 7.98. The number of carboxylic acid groups (broad SMARTS) is 1. The number of hydrogen-bond donors (Lipinski definition) is 1. The van der Waals surface area contributed by atoms with Gasteiger partial charge in [0.1, 0.15) is 11.5 Å². The number of carbonyl (C=O) groups is 2. The Hall–Kier alpha value is -4.93. The smallest absolute Gasteiger partial charge is 0.338 e. The van der Waals surface area contributed by atoms with Gasteiger partial charge in [0.15, 0.2) is 4.80 Å². The van der Waals surface area contributed by atoms with Gasteiger partial charge in [-0.05, 0) is 55.1 Å². The average Bonchev–Trinajstić information content (AvgIpc) is 3.65. The third-order valence-corrected chi connectivity index (χ3v) is 8.85. The Kier molecular flexibility index (Phi) is 8.19. The van der Waals surface area contributed by atoms with E-state index in [2.05, 4.69) is 0 Å². The number of esters is 1. The largest absolute Gasteiger partial charge is 0.478 e. The summed E-state index contributed by atoms with van der Waals surface area (Å²) in [5, 5.41) is 9.18. The molecule has 8 nitrogen and oxygen atoms in total. The zero-order chi connectivity index (χ0) is 30.8. The van der Waals surface area contributed by atoms with Gasteiger partial charge in [0, 0.05) is 22.1 Å². The minimum atomic E-state index is -1.01. The molecule has 0 aliphatic carbocycles. The Morgan fingerprint density at radius 3 is 2.39 bits per heavy atom. The summed E-state index contributed by atoms with van der Waals surface area (Å²) in [7, 11) is 0. The molecule has 0 radical (unpaired) electrons. The summed E-state index contributed by atoms with van der Waals surface area (Å²) in [5.74, 6) is -0.565. The fraction of sp³-hybridized carbons (Fsp3) is 0.118. The summed E-state index contributed by atoms with van der Waals surface area (Å²) >= 11 is 2.81. The summed E-state index contributed by atoms with van der Waals surface area (Å²) in [5.41, 5.74) is 2.81. The predicted molar refractivity (Wildman–Crippen MR) is 170 cm³/mol. The van der Waals surface area contributed by atoms with Crippen LogP contribution < -0.4 is 14.9 Å². The van der Waals surface area contributed by atoms with Crippen LogP contribution in [-0.4, -0.2) is 34.5 Å². The van der Waals surface area contributed by atoms with Crippen molar-refractivity contribution < 1.29 is 23.8 Å². The van der Waals surface area contributed by atoms with Gasteiger partial charge >= 0.3 is 11.9 Å². The third kappa shape index (κ3) is 5.57. The second-order valence-corrected chi connectivity index (χ2v) is 11.7. The van der Waals surface area contributed by atoms with Gasteiger partial charge in [0.2, 0.25) is 0 Å². The number of furan rings is 1. The van der Waals surface area contributed by atoms with E-state index in [1.807, 2.05) is 60.9 Å². The monoisotopic (exact) mass is 622 g/mol. The molecule has 0 fully saturated rings. The SMILES string of the molecule is CCOC(=O)C1=C(c2ccccc2)N=c2s/c(=C\c3ccc(-c4ccc(C(=O)O)cc4)o3)c(=O)n2[C@@H]1c1ccc(SC)cc1. The van der Waals surface area contributed by atoms with Crippen molar-refractivity contribution in [1.82, 2.24) is 4.57 Å². The van der Waals surface area contributed by atoms with E-state index in [-0.39, 0.29) is 17.7 Å². The van der Waals surface area contributed by atoms with Crippen LogP contribution in [-0.2, 0) is 9.53 Å². The minimum Gasteiger partial charge on any atom is -0.478 e. The number of nitrogens with zero attached hydrogens (tertiary/aromatic N) is 2. The minimum absolute atomic E-state index is 0.173. The molecule has 0 saturated carbocycles. The number of thioether (sulfide) groups is 1. The first-order chi connectivity index (χ1) is 21.4. The Bertz CT molecular complexity index is 2070. The Labute approximate surface area is 260 Å². The highest BCUT2D eigenvalue weighted by Crippen LogP contribution is 2.35. The maximum atomic E-state index is 14.1. The molecular weight excluding hydrogens is 597 g/mol. The standard InChI is InChI=1S/C34H26N2O6S2/c1-3-41-33(40)28-29(21-7-5-4-6-8-21)35-34-36(30(28)22-13-16-25(43-2)17-14-22)31(37)27(44-34)19-24-15-18-26(42-24)20-9-11-23(12-10-20)32(38)39/h4-19,30H,3H2,1-2H3,(H,38,39)/b27-19-/t30-/m1/s1. The lowest BCUT2D eigenvalue weighted by molar-refractivity contribution is -0.138. The molecule has 44 heavy (non-hydrogen) atoms. The molecule has 3 aromatic carbocycles. The quantitative estimate of drug-likeness (QED) is 0.177. The van der Waals surface area contributed by atoms with Crippen LogP contribution in [0, 0.1) is 0 Å². The number of carboxylic acids is 1. The summed E-state index contributed by atoms with van der Waals surface area (Å²) < 4.78 is 13.5. The van der Waals surface area contributed by atoms with Crippen LogP contribution in [0.1, 0.15) is 40.2 Å². The number of ether oxygens (including phenoxy) is 1. The van der Waals surface area contributed by atoms with Gasteiger partial charge in [0.25, 0.3) is 5.56 Å². The number of benzene rings is 3. The van der Waals surface area contributed by atoms with E-state index in [4.69, 9.17) is 14.1 Å². The zero-order valence-corrected chi connectivity index (χ0v) is 25.4. The van der Waals surface area contributed by atoms with Crippen LogP contribution >= 0.6 is 23.1 Å². The van der Waals surface area contributed by atoms with Crippen LogP contribution in [0.3, 0.4) is 0 Å². The molecular formula is C34H26N2O6S2. The number of thiazole rings is 1. The second-order valence-electron chi connectivity index (χ2n) is 9.79. The van der Waals surface area contributed by atoms with E-state index in [9.17, 15) is 19.5 Å². The molecule has 5 aromatic rings. The first-order valence-electron chi connectivity index (χ1n) is 13.7. The molecule has 1 aliphatic heterocycles. The molecule has 1 aliphatic rings. The molecule has 3 heterocycles. The summed E-state index contributed by atoms with van der Waals surface area (Å²) in [6.45, 7) is 1.92.